The van der Waals surface area contributed by atoms with Gasteiger partial charge < -0.3 is 0 Å². The maximum atomic E-state index is 9.56. The molecule has 0 spiro atoms. The monoisotopic (exact) mass is 189 g/mol. The summed E-state index contributed by atoms with van der Waals surface area (Å²) in [5, 5.41) is 10.7. The Morgan fingerprint density at radius 2 is 2.43 bits per heavy atom. The molecular formula is C9H9N4O+. The highest BCUT2D eigenvalue weighted by molar-refractivity contribution is 5.76. The molecule has 0 amide bonds. The van der Waals surface area contributed by atoms with Gasteiger partial charge in [0, 0.05) is 6.08 Å². The first-order valence-corrected chi connectivity index (χ1v) is 4.42. The lowest BCUT2D eigenvalue weighted by molar-refractivity contribution is -0.692. The van der Waals surface area contributed by atoms with Crippen LogP contribution < -0.4 is 9.63 Å². The van der Waals surface area contributed by atoms with Gasteiger partial charge in [-0.05, 0) is 0 Å². The highest BCUT2D eigenvalue weighted by Gasteiger charge is 2.27. The number of aliphatic imine (C=N–C) groups is 1. The van der Waals surface area contributed by atoms with Crippen LogP contribution in [0.3, 0.4) is 0 Å². The van der Waals surface area contributed by atoms with E-state index in [4.69, 9.17) is 0 Å². The summed E-state index contributed by atoms with van der Waals surface area (Å²) in [6.45, 7) is 1.10. The van der Waals surface area contributed by atoms with Crippen molar-refractivity contribution in [1.29, 1.82) is 0 Å². The average Bonchev–Trinajstić information content (AvgIpc) is 2.66. The molecule has 14 heavy (non-hydrogen) atoms. The number of hydrogen-bond donors (Lipinski definition) is 1. The summed E-state index contributed by atoms with van der Waals surface area (Å²) in [4.78, 5) is 8.33. The van der Waals surface area contributed by atoms with Crippen LogP contribution in [0.4, 0.5) is 5.82 Å². The molecule has 3 rings (SSSR count). The van der Waals surface area contributed by atoms with Gasteiger partial charge in [-0.1, -0.05) is 6.08 Å². The van der Waals surface area contributed by atoms with Gasteiger partial charge in [0.05, 0.1) is 6.54 Å². The highest BCUT2D eigenvalue weighted by Crippen LogP contribution is 2.19. The van der Waals surface area contributed by atoms with E-state index < -0.39 is 0 Å². The number of hydrogen-bond acceptors (Lipinski definition) is 4. The summed E-state index contributed by atoms with van der Waals surface area (Å²) >= 11 is 0. The molecule has 1 aromatic rings. The van der Waals surface area contributed by atoms with Gasteiger partial charge in [-0.3, -0.25) is 5.21 Å². The van der Waals surface area contributed by atoms with Crippen LogP contribution in [0.1, 0.15) is 11.4 Å². The molecule has 0 saturated heterocycles. The van der Waals surface area contributed by atoms with E-state index in [-0.39, 0.29) is 0 Å². The van der Waals surface area contributed by atoms with Gasteiger partial charge in [-0.15, -0.1) is 0 Å². The van der Waals surface area contributed by atoms with Gasteiger partial charge >= 0.3 is 0 Å². The van der Waals surface area contributed by atoms with Gasteiger partial charge in [0.15, 0.2) is 0 Å². The minimum atomic E-state index is 0.486. The second kappa shape index (κ2) is 2.62. The molecule has 0 saturated carbocycles. The molecule has 0 bridgehead atoms. The fourth-order valence-corrected chi connectivity index (χ4v) is 1.71. The number of fused-ring (bicyclic) bond motifs is 3. The fourth-order valence-electron chi connectivity index (χ4n) is 1.71. The Balaban J connectivity index is 2.25. The predicted molar refractivity (Wildman–Crippen MR) is 50.2 cm³/mol. The predicted octanol–water partition coefficient (Wildman–Crippen LogP) is -0.0185. The molecule has 70 valence electrons. The summed E-state index contributed by atoms with van der Waals surface area (Å²) in [6, 6.07) is 0. The standard InChI is InChI=1S/C9H9N4O/c14-13-3-1-2-8-9(13)11-5-7-4-10-6-12(7)8/h1-2,4-5,14H,3,6H2/q+1. The fraction of sp³-hybridized carbons (Fsp3) is 0.222. The van der Waals surface area contributed by atoms with E-state index in [0.29, 0.717) is 19.0 Å². The van der Waals surface area contributed by atoms with Crippen LogP contribution >= 0.6 is 0 Å². The van der Waals surface area contributed by atoms with Gasteiger partial charge in [0.2, 0.25) is 18.2 Å². The first-order valence-electron chi connectivity index (χ1n) is 4.42. The van der Waals surface area contributed by atoms with E-state index in [0.717, 1.165) is 16.5 Å². The molecule has 0 unspecified atom stereocenters. The Bertz CT molecular complexity index is 452. The lowest BCUT2D eigenvalue weighted by Crippen LogP contribution is -2.41. The van der Waals surface area contributed by atoms with Crippen molar-refractivity contribution in [1.82, 2.24) is 4.98 Å². The molecule has 2 aliphatic heterocycles. The van der Waals surface area contributed by atoms with Crippen LogP contribution in [0.25, 0.3) is 6.08 Å². The first-order chi connectivity index (χ1) is 6.86. The number of rotatable bonds is 0. The number of nitrogens with zero attached hydrogens (tertiary/aromatic N) is 4. The molecule has 0 aliphatic carbocycles. The first kappa shape index (κ1) is 7.64. The quantitative estimate of drug-likeness (QED) is 0.583. The highest BCUT2D eigenvalue weighted by atomic mass is 16.5. The lowest BCUT2D eigenvalue weighted by atomic mass is 10.2. The third kappa shape index (κ3) is 0.898. The van der Waals surface area contributed by atoms with E-state index in [1.807, 2.05) is 16.7 Å². The molecule has 2 aliphatic rings. The van der Waals surface area contributed by atoms with Gasteiger partial charge in [0.1, 0.15) is 12.4 Å². The lowest BCUT2D eigenvalue weighted by Gasteiger charge is -2.17. The van der Waals surface area contributed by atoms with Crippen LogP contribution in [-0.2, 0) is 6.67 Å². The van der Waals surface area contributed by atoms with E-state index in [9.17, 15) is 5.21 Å². The van der Waals surface area contributed by atoms with E-state index in [1.54, 1.807) is 12.4 Å². The zero-order chi connectivity index (χ0) is 9.54. The van der Waals surface area contributed by atoms with Crippen molar-refractivity contribution in [2.24, 2.45) is 4.99 Å². The average molecular weight is 189 g/mol. The van der Waals surface area contributed by atoms with Gasteiger partial charge in [0.25, 0.3) is 5.69 Å². The molecule has 0 radical (unpaired) electrons. The number of anilines is 1. The van der Waals surface area contributed by atoms with Crippen molar-refractivity contribution >= 4 is 18.1 Å². The zero-order valence-corrected chi connectivity index (χ0v) is 7.46. The van der Waals surface area contributed by atoms with Gasteiger partial charge in [-0.25, -0.2) is 15.0 Å². The zero-order valence-electron chi connectivity index (χ0n) is 7.46. The van der Waals surface area contributed by atoms with Crippen LogP contribution in [0.2, 0.25) is 0 Å². The van der Waals surface area contributed by atoms with E-state index >= 15 is 0 Å². The minimum absolute atomic E-state index is 0.486. The topological polar surface area (TPSA) is 52.6 Å². The third-order valence-electron chi connectivity index (χ3n) is 2.40. The summed E-state index contributed by atoms with van der Waals surface area (Å²) in [5.41, 5.74) is 1.89. The summed E-state index contributed by atoms with van der Waals surface area (Å²) in [6.07, 6.45) is 7.37. The molecule has 5 heteroatoms. The Labute approximate surface area is 80.6 Å². The van der Waals surface area contributed by atoms with Crippen molar-refractivity contribution in [2.45, 2.75) is 6.67 Å². The largest absolute Gasteiger partial charge is 0.286 e. The Kier molecular flexibility index (Phi) is 1.43. The maximum absolute atomic E-state index is 9.56. The molecule has 0 aromatic carbocycles. The van der Waals surface area contributed by atoms with Crippen LogP contribution in [0.5, 0.6) is 0 Å². The summed E-state index contributed by atoms with van der Waals surface area (Å²) in [5.74, 6) is 0.599. The molecule has 0 atom stereocenters. The molecule has 1 N–H and O–H groups in total. The number of aromatic nitrogens is 2. The SMILES string of the molecule is ON1CC=Cc2c1ncc1[n+]2CN=C1. The van der Waals surface area contributed by atoms with Crippen molar-refractivity contribution in [2.75, 3.05) is 11.6 Å². The van der Waals surface area contributed by atoms with Crippen molar-refractivity contribution < 1.29 is 9.77 Å². The second-order valence-electron chi connectivity index (χ2n) is 3.26. The maximum Gasteiger partial charge on any atom is 0.252 e. The molecular weight excluding hydrogens is 180 g/mol. The second-order valence-corrected chi connectivity index (χ2v) is 3.26. The molecule has 3 heterocycles. The third-order valence-corrected chi connectivity index (χ3v) is 2.40. The minimum Gasteiger partial charge on any atom is -0.286 e. The summed E-state index contributed by atoms with van der Waals surface area (Å²) < 4.78 is 2.02. The summed E-state index contributed by atoms with van der Waals surface area (Å²) in [7, 11) is 0. The van der Waals surface area contributed by atoms with Gasteiger partial charge in [-0.2, -0.15) is 4.57 Å². The van der Waals surface area contributed by atoms with Crippen molar-refractivity contribution in [3.8, 4) is 0 Å². The van der Waals surface area contributed by atoms with Crippen LogP contribution in [0.15, 0.2) is 17.3 Å². The Hall–Kier alpha value is -1.75. The molecule has 0 fully saturated rings. The van der Waals surface area contributed by atoms with Crippen LogP contribution in [-0.4, -0.2) is 23.0 Å². The van der Waals surface area contributed by atoms with Crippen LogP contribution in [0, 0.1) is 0 Å². The van der Waals surface area contributed by atoms with E-state index in [2.05, 4.69) is 9.98 Å². The number of hydroxylamine groups is 1. The smallest absolute Gasteiger partial charge is 0.252 e. The van der Waals surface area contributed by atoms with Crippen molar-refractivity contribution in [3.63, 3.8) is 0 Å². The Morgan fingerprint density at radius 3 is 3.36 bits per heavy atom. The Morgan fingerprint density at radius 1 is 1.50 bits per heavy atom. The molecule has 5 nitrogen and oxygen atoms in total. The van der Waals surface area contributed by atoms with Crippen molar-refractivity contribution in [3.05, 3.63) is 23.7 Å². The van der Waals surface area contributed by atoms with E-state index in [1.165, 1.54) is 0 Å². The normalized spacial score (nSPS) is 17.1. The molecule has 1 aromatic heterocycles.